The van der Waals surface area contributed by atoms with Crippen LogP contribution in [0.25, 0.3) is 5.52 Å². The Kier molecular flexibility index (Phi) is 1.76. The van der Waals surface area contributed by atoms with Crippen molar-refractivity contribution in [3.05, 3.63) is 21.9 Å². The van der Waals surface area contributed by atoms with Crippen LogP contribution in [0.2, 0.25) is 0 Å². The van der Waals surface area contributed by atoms with Crippen LogP contribution in [0.1, 0.15) is 11.4 Å². The number of nitrogens with zero attached hydrogens (tertiary/aromatic N) is 3. The van der Waals surface area contributed by atoms with Crippen molar-refractivity contribution < 1.29 is 0 Å². The Bertz CT molecular complexity index is 474. The second-order valence-electron chi connectivity index (χ2n) is 2.95. The van der Waals surface area contributed by atoms with E-state index in [4.69, 9.17) is 5.73 Å². The van der Waals surface area contributed by atoms with E-state index >= 15 is 0 Å². The summed E-state index contributed by atoms with van der Waals surface area (Å²) in [5, 5.41) is 4.24. The highest BCUT2D eigenvalue weighted by Gasteiger charge is 2.09. The van der Waals surface area contributed by atoms with Crippen LogP contribution in [0, 0.1) is 13.8 Å². The van der Waals surface area contributed by atoms with Crippen molar-refractivity contribution in [3.63, 3.8) is 0 Å². The van der Waals surface area contributed by atoms with E-state index < -0.39 is 0 Å². The summed E-state index contributed by atoms with van der Waals surface area (Å²) >= 11 is 3.45. The van der Waals surface area contributed by atoms with Gasteiger partial charge in [-0.1, -0.05) is 0 Å². The van der Waals surface area contributed by atoms with Gasteiger partial charge in [0, 0.05) is 5.69 Å². The largest absolute Gasteiger partial charge is 0.368 e. The van der Waals surface area contributed by atoms with E-state index in [1.165, 1.54) is 0 Å². The van der Waals surface area contributed by atoms with E-state index in [2.05, 4.69) is 26.0 Å². The fourth-order valence-electron chi connectivity index (χ4n) is 1.28. The zero-order chi connectivity index (χ0) is 9.59. The van der Waals surface area contributed by atoms with Crippen LogP contribution in [0.4, 0.5) is 5.95 Å². The Hall–Kier alpha value is -1.10. The Labute approximate surface area is 83.9 Å². The van der Waals surface area contributed by atoms with Gasteiger partial charge >= 0.3 is 0 Å². The highest BCUT2D eigenvalue weighted by atomic mass is 79.9. The molecule has 68 valence electrons. The molecule has 0 aliphatic carbocycles. The fraction of sp³-hybridized carbons (Fsp3) is 0.250. The number of rotatable bonds is 0. The Morgan fingerprint density at radius 2 is 2.15 bits per heavy atom. The van der Waals surface area contributed by atoms with Crippen LogP contribution in [-0.4, -0.2) is 14.6 Å². The molecule has 0 spiro atoms. The third kappa shape index (κ3) is 1.19. The maximum Gasteiger partial charge on any atom is 0.221 e. The summed E-state index contributed by atoms with van der Waals surface area (Å²) in [6.45, 7) is 3.83. The minimum atomic E-state index is 0.420. The van der Waals surface area contributed by atoms with E-state index in [9.17, 15) is 0 Å². The van der Waals surface area contributed by atoms with Crippen LogP contribution < -0.4 is 5.73 Å². The number of aryl methyl sites for hydroxylation is 2. The van der Waals surface area contributed by atoms with Gasteiger partial charge in [0.1, 0.15) is 0 Å². The van der Waals surface area contributed by atoms with Crippen molar-refractivity contribution in [2.24, 2.45) is 0 Å². The van der Waals surface area contributed by atoms with Crippen LogP contribution in [0.15, 0.2) is 10.5 Å². The fourth-order valence-corrected chi connectivity index (χ4v) is 1.65. The molecular weight excluding hydrogens is 232 g/mol. The minimum Gasteiger partial charge on any atom is -0.368 e. The van der Waals surface area contributed by atoms with Crippen LogP contribution in [-0.2, 0) is 0 Å². The van der Waals surface area contributed by atoms with Gasteiger partial charge in [-0.3, -0.25) is 0 Å². The van der Waals surface area contributed by atoms with Gasteiger partial charge in [0.05, 0.1) is 15.7 Å². The van der Waals surface area contributed by atoms with E-state index in [1.807, 2.05) is 19.9 Å². The van der Waals surface area contributed by atoms with Crippen LogP contribution in [0.3, 0.4) is 0 Å². The summed E-state index contributed by atoms with van der Waals surface area (Å²) in [7, 11) is 0. The quantitative estimate of drug-likeness (QED) is 0.763. The molecule has 2 aromatic heterocycles. The van der Waals surface area contributed by atoms with Crippen LogP contribution in [0.5, 0.6) is 0 Å². The van der Waals surface area contributed by atoms with E-state index in [1.54, 1.807) is 4.52 Å². The van der Waals surface area contributed by atoms with Crippen molar-refractivity contribution in [1.82, 2.24) is 14.6 Å². The molecule has 0 aliphatic heterocycles. The summed E-state index contributed by atoms with van der Waals surface area (Å²) in [4.78, 5) is 4.11. The molecule has 0 saturated heterocycles. The summed E-state index contributed by atoms with van der Waals surface area (Å²) in [5.41, 5.74) is 8.48. The van der Waals surface area contributed by atoms with Crippen molar-refractivity contribution >= 4 is 27.4 Å². The Morgan fingerprint density at radius 3 is 2.85 bits per heavy atom. The third-order valence-electron chi connectivity index (χ3n) is 1.87. The number of hydrogen-bond acceptors (Lipinski definition) is 3. The molecule has 0 aliphatic rings. The molecule has 13 heavy (non-hydrogen) atoms. The molecule has 0 radical (unpaired) electrons. The van der Waals surface area contributed by atoms with Gasteiger partial charge in [0.25, 0.3) is 0 Å². The predicted molar refractivity (Wildman–Crippen MR) is 54.6 cm³/mol. The van der Waals surface area contributed by atoms with Gasteiger partial charge in [-0.25, -0.2) is 4.98 Å². The normalized spacial score (nSPS) is 11.0. The summed E-state index contributed by atoms with van der Waals surface area (Å²) < 4.78 is 2.61. The topological polar surface area (TPSA) is 56.2 Å². The lowest BCUT2D eigenvalue weighted by atomic mass is 10.3. The molecule has 2 N–H and O–H groups in total. The SMILES string of the molecule is Cc1cc2c(Br)c(C)nn2c(N)n1. The molecular formula is C8H9BrN4. The molecule has 2 rings (SSSR count). The third-order valence-corrected chi connectivity index (χ3v) is 2.85. The minimum absolute atomic E-state index is 0.420. The smallest absolute Gasteiger partial charge is 0.221 e. The molecule has 0 aromatic carbocycles. The first-order valence-corrected chi connectivity index (χ1v) is 4.67. The van der Waals surface area contributed by atoms with Crippen molar-refractivity contribution in [2.75, 3.05) is 5.73 Å². The Balaban J connectivity index is 2.94. The van der Waals surface area contributed by atoms with Crippen molar-refractivity contribution in [1.29, 1.82) is 0 Å². The number of halogens is 1. The Morgan fingerprint density at radius 1 is 1.46 bits per heavy atom. The predicted octanol–water partition coefficient (Wildman–Crippen LogP) is 1.69. The highest BCUT2D eigenvalue weighted by molar-refractivity contribution is 9.10. The summed E-state index contributed by atoms with van der Waals surface area (Å²) in [6, 6.07) is 1.94. The monoisotopic (exact) mass is 240 g/mol. The highest BCUT2D eigenvalue weighted by Crippen LogP contribution is 2.23. The first-order chi connectivity index (χ1) is 6.09. The van der Waals surface area contributed by atoms with Gasteiger partial charge < -0.3 is 5.73 Å². The van der Waals surface area contributed by atoms with E-state index in [0.29, 0.717) is 5.95 Å². The van der Waals surface area contributed by atoms with Crippen LogP contribution >= 0.6 is 15.9 Å². The van der Waals surface area contributed by atoms with Gasteiger partial charge in [-0.2, -0.15) is 9.61 Å². The van der Waals surface area contributed by atoms with Crippen molar-refractivity contribution in [3.8, 4) is 0 Å². The second-order valence-corrected chi connectivity index (χ2v) is 3.75. The summed E-state index contributed by atoms with van der Waals surface area (Å²) in [6.07, 6.45) is 0. The summed E-state index contributed by atoms with van der Waals surface area (Å²) in [5.74, 6) is 0.420. The molecule has 2 heterocycles. The number of fused-ring (bicyclic) bond motifs is 1. The second kappa shape index (κ2) is 2.70. The molecule has 0 amide bonds. The average molecular weight is 241 g/mol. The van der Waals surface area contributed by atoms with Gasteiger partial charge in [-0.15, -0.1) is 0 Å². The van der Waals surface area contributed by atoms with Crippen molar-refractivity contribution in [2.45, 2.75) is 13.8 Å². The molecule has 0 bridgehead atoms. The standard InChI is InChI=1S/C8H9BrN4/c1-4-3-6-7(9)5(2)12-13(6)8(10)11-4/h3H,1-2H3,(H2,10,11). The maximum absolute atomic E-state index is 5.71. The molecule has 4 nitrogen and oxygen atoms in total. The van der Waals surface area contributed by atoms with Gasteiger partial charge in [-0.05, 0) is 35.8 Å². The lowest BCUT2D eigenvalue weighted by molar-refractivity contribution is 0.908. The molecule has 0 saturated carbocycles. The molecule has 0 atom stereocenters. The molecule has 0 fully saturated rings. The number of hydrogen-bond donors (Lipinski definition) is 1. The van der Waals surface area contributed by atoms with E-state index in [-0.39, 0.29) is 0 Å². The number of nitrogen functional groups attached to an aromatic ring is 1. The molecule has 0 unspecified atom stereocenters. The zero-order valence-electron chi connectivity index (χ0n) is 7.37. The van der Waals surface area contributed by atoms with E-state index in [0.717, 1.165) is 21.4 Å². The average Bonchev–Trinajstić information content (AvgIpc) is 2.32. The number of anilines is 1. The lowest BCUT2D eigenvalue weighted by Crippen LogP contribution is -2.02. The maximum atomic E-state index is 5.71. The molecule has 5 heteroatoms. The van der Waals surface area contributed by atoms with Gasteiger partial charge in [0.2, 0.25) is 5.95 Å². The number of nitrogens with two attached hydrogens (primary N) is 1. The first kappa shape index (κ1) is 8.50. The molecule has 2 aromatic rings. The zero-order valence-corrected chi connectivity index (χ0v) is 8.96. The first-order valence-electron chi connectivity index (χ1n) is 3.87. The van der Waals surface area contributed by atoms with Gasteiger partial charge in [0.15, 0.2) is 0 Å². The number of aromatic nitrogens is 3. The lowest BCUT2D eigenvalue weighted by Gasteiger charge is -1.99.